The summed E-state index contributed by atoms with van der Waals surface area (Å²) in [5, 5.41) is 0.870. The number of morpholine rings is 1. The Balaban J connectivity index is 2.22. The van der Waals surface area contributed by atoms with E-state index >= 15 is 0 Å². The number of carbonyl (C=O) groups is 1. The lowest BCUT2D eigenvalue weighted by Gasteiger charge is -2.27. The van der Waals surface area contributed by atoms with Crippen LogP contribution in [0, 0.1) is 0 Å². The van der Waals surface area contributed by atoms with Gasteiger partial charge in [-0.2, -0.15) is 0 Å². The zero-order chi connectivity index (χ0) is 16.7. The number of benzene rings is 1. The Morgan fingerprint density at radius 3 is 2.65 bits per heavy atom. The summed E-state index contributed by atoms with van der Waals surface area (Å²) in [5.41, 5.74) is 1.62. The van der Waals surface area contributed by atoms with Gasteiger partial charge in [0, 0.05) is 36.6 Å². The van der Waals surface area contributed by atoms with Crippen LogP contribution < -0.4 is 9.47 Å². The summed E-state index contributed by atoms with van der Waals surface area (Å²) in [6.07, 6.45) is 0.884. The molecule has 0 N–H and O–H groups in total. The number of methoxy groups -OCH3 is 1. The van der Waals surface area contributed by atoms with E-state index in [1.807, 2.05) is 12.1 Å². The topological polar surface area (TPSA) is 48.0 Å². The molecule has 0 aliphatic carbocycles. The van der Waals surface area contributed by atoms with Crippen LogP contribution in [0.3, 0.4) is 0 Å². The van der Waals surface area contributed by atoms with E-state index in [0.29, 0.717) is 17.9 Å². The summed E-state index contributed by atoms with van der Waals surface area (Å²) in [5.74, 6) is 1.36. The van der Waals surface area contributed by atoms with Crippen molar-refractivity contribution in [1.82, 2.24) is 4.90 Å². The molecule has 0 unspecified atom stereocenters. The number of halogens is 1. The molecule has 1 saturated heterocycles. The van der Waals surface area contributed by atoms with Crippen molar-refractivity contribution < 1.29 is 19.0 Å². The first kappa shape index (κ1) is 18.2. The normalized spacial score (nSPS) is 15.4. The Morgan fingerprint density at radius 1 is 1.30 bits per heavy atom. The molecule has 0 radical (unpaired) electrons. The van der Waals surface area contributed by atoms with Gasteiger partial charge < -0.3 is 14.2 Å². The van der Waals surface area contributed by atoms with Crippen molar-refractivity contribution in [2.24, 2.45) is 0 Å². The first-order valence-electron chi connectivity index (χ1n) is 7.86. The van der Waals surface area contributed by atoms with Crippen LogP contribution in [0.4, 0.5) is 0 Å². The summed E-state index contributed by atoms with van der Waals surface area (Å²) in [4.78, 5) is 14.3. The fourth-order valence-electron chi connectivity index (χ4n) is 2.55. The van der Waals surface area contributed by atoms with E-state index in [-0.39, 0.29) is 5.78 Å². The Bertz CT molecular complexity index is 530. The molecule has 2 rings (SSSR count). The molecule has 1 aromatic carbocycles. The van der Waals surface area contributed by atoms with Crippen LogP contribution in [0.25, 0.3) is 0 Å². The minimum absolute atomic E-state index is 0.00437. The molecule has 1 fully saturated rings. The number of ketones is 1. The van der Waals surface area contributed by atoms with Crippen molar-refractivity contribution >= 4 is 21.7 Å². The Hall–Kier alpha value is -1.11. The Labute approximate surface area is 146 Å². The lowest BCUT2D eigenvalue weighted by molar-refractivity contribution is 0.0338. The van der Waals surface area contributed by atoms with E-state index in [1.54, 1.807) is 14.0 Å². The summed E-state index contributed by atoms with van der Waals surface area (Å²) in [7, 11) is 1.65. The second kappa shape index (κ2) is 9.25. The fourth-order valence-corrected chi connectivity index (χ4v) is 2.78. The molecular weight excluding hydrogens is 362 g/mol. The molecule has 1 aliphatic heterocycles. The molecule has 1 heterocycles. The molecule has 0 atom stereocenters. The molecule has 0 spiro atoms. The largest absolute Gasteiger partial charge is 0.496 e. The van der Waals surface area contributed by atoms with Crippen molar-refractivity contribution in [3.63, 3.8) is 0 Å². The highest BCUT2D eigenvalue weighted by Crippen LogP contribution is 2.31. The third kappa shape index (κ3) is 5.19. The predicted molar refractivity (Wildman–Crippen MR) is 93.0 cm³/mol. The molecule has 23 heavy (non-hydrogen) atoms. The number of rotatable bonds is 8. The van der Waals surface area contributed by atoms with Crippen LogP contribution in [0.1, 0.15) is 29.3 Å². The summed E-state index contributed by atoms with van der Waals surface area (Å²) < 4.78 is 16.7. The van der Waals surface area contributed by atoms with E-state index in [2.05, 4.69) is 20.8 Å². The first-order chi connectivity index (χ1) is 11.2. The van der Waals surface area contributed by atoms with Crippen molar-refractivity contribution in [1.29, 1.82) is 0 Å². The molecule has 0 amide bonds. The second-order valence-electron chi connectivity index (χ2n) is 5.50. The molecule has 5 nitrogen and oxygen atoms in total. The van der Waals surface area contributed by atoms with Crippen LogP contribution >= 0.6 is 15.9 Å². The van der Waals surface area contributed by atoms with Gasteiger partial charge >= 0.3 is 0 Å². The lowest BCUT2D eigenvalue weighted by atomic mass is 10.0. The van der Waals surface area contributed by atoms with E-state index in [4.69, 9.17) is 14.2 Å². The maximum absolute atomic E-state index is 12.0. The molecule has 6 heteroatoms. The van der Waals surface area contributed by atoms with Crippen LogP contribution in [-0.4, -0.2) is 56.0 Å². The smallest absolute Gasteiger partial charge is 0.163 e. The third-order valence-electron chi connectivity index (χ3n) is 3.80. The van der Waals surface area contributed by atoms with Gasteiger partial charge in [-0.25, -0.2) is 0 Å². The molecule has 0 saturated carbocycles. The first-order valence-corrected chi connectivity index (χ1v) is 8.98. The summed E-state index contributed by atoms with van der Waals surface area (Å²) in [6, 6.07) is 3.74. The monoisotopic (exact) mass is 385 g/mol. The number of hydrogen-bond acceptors (Lipinski definition) is 5. The van der Waals surface area contributed by atoms with Gasteiger partial charge in [0.25, 0.3) is 0 Å². The van der Waals surface area contributed by atoms with Crippen LogP contribution in [0.5, 0.6) is 11.5 Å². The number of hydrogen-bond donors (Lipinski definition) is 0. The number of ether oxygens (including phenoxy) is 3. The maximum atomic E-state index is 12.0. The van der Waals surface area contributed by atoms with Gasteiger partial charge in [0.05, 0.1) is 32.5 Å². The van der Waals surface area contributed by atoms with Gasteiger partial charge in [0.2, 0.25) is 0 Å². The van der Waals surface area contributed by atoms with E-state index < -0.39 is 0 Å². The van der Waals surface area contributed by atoms with Gasteiger partial charge in [-0.15, -0.1) is 0 Å². The molecular formula is C17H24BrNO4. The number of nitrogens with zero attached hydrogens (tertiary/aromatic N) is 1. The van der Waals surface area contributed by atoms with E-state index in [0.717, 1.165) is 55.9 Å². The molecule has 1 aliphatic rings. The molecule has 0 bridgehead atoms. The zero-order valence-electron chi connectivity index (χ0n) is 13.8. The van der Waals surface area contributed by atoms with Gasteiger partial charge in [0.15, 0.2) is 5.78 Å². The van der Waals surface area contributed by atoms with Crippen LogP contribution in [-0.2, 0) is 11.3 Å². The number of Topliss-reactive ketones (excluding diaryl/α,β-unsaturated/α-hetero) is 1. The van der Waals surface area contributed by atoms with Gasteiger partial charge in [-0.1, -0.05) is 15.9 Å². The van der Waals surface area contributed by atoms with Crippen molar-refractivity contribution in [2.45, 2.75) is 19.9 Å². The van der Waals surface area contributed by atoms with Crippen molar-refractivity contribution in [3.05, 3.63) is 23.3 Å². The SMILES string of the molecule is COc1cc(OCCCBr)c(C(C)=O)cc1CN1CCOCC1. The number of alkyl halides is 1. The highest BCUT2D eigenvalue weighted by molar-refractivity contribution is 9.09. The van der Waals surface area contributed by atoms with Crippen molar-refractivity contribution in [2.75, 3.05) is 45.4 Å². The predicted octanol–water partition coefficient (Wildman–Crippen LogP) is 2.89. The second-order valence-corrected chi connectivity index (χ2v) is 6.29. The standard InChI is InChI=1S/C17H24BrNO4/c1-13(20)15-10-14(12-19-5-8-22-9-6-19)16(21-2)11-17(15)23-7-3-4-18/h10-11H,3-9,12H2,1-2H3. The van der Waals surface area contributed by atoms with E-state index in [1.165, 1.54) is 0 Å². The molecule has 0 aromatic heterocycles. The Morgan fingerprint density at radius 2 is 2.04 bits per heavy atom. The van der Waals surface area contributed by atoms with Gasteiger partial charge in [0.1, 0.15) is 11.5 Å². The molecule has 128 valence electrons. The van der Waals surface area contributed by atoms with Gasteiger partial charge in [-0.05, 0) is 19.4 Å². The average molecular weight is 386 g/mol. The van der Waals surface area contributed by atoms with Crippen molar-refractivity contribution in [3.8, 4) is 11.5 Å². The number of carbonyl (C=O) groups excluding carboxylic acids is 1. The fraction of sp³-hybridized carbons (Fsp3) is 0.588. The van der Waals surface area contributed by atoms with E-state index in [9.17, 15) is 4.79 Å². The molecule has 1 aromatic rings. The quantitative estimate of drug-likeness (QED) is 0.391. The van der Waals surface area contributed by atoms with Gasteiger partial charge in [-0.3, -0.25) is 9.69 Å². The van der Waals surface area contributed by atoms with Crippen LogP contribution in [0.2, 0.25) is 0 Å². The summed E-state index contributed by atoms with van der Waals surface area (Å²) in [6.45, 7) is 6.15. The lowest BCUT2D eigenvalue weighted by Crippen LogP contribution is -2.35. The minimum Gasteiger partial charge on any atom is -0.496 e. The maximum Gasteiger partial charge on any atom is 0.163 e. The summed E-state index contributed by atoms with van der Waals surface area (Å²) >= 11 is 3.38. The minimum atomic E-state index is 0.00437. The third-order valence-corrected chi connectivity index (χ3v) is 4.36. The highest BCUT2D eigenvalue weighted by Gasteiger charge is 2.18. The zero-order valence-corrected chi connectivity index (χ0v) is 15.4. The highest BCUT2D eigenvalue weighted by atomic mass is 79.9. The van der Waals surface area contributed by atoms with Crippen LogP contribution in [0.15, 0.2) is 12.1 Å². The average Bonchev–Trinajstić information content (AvgIpc) is 2.56. The Kier molecular flexibility index (Phi) is 7.33.